The summed E-state index contributed by atoms with van der Waals surface area (Å²) < 4.78 is 0. The maximum absolute atomic E-state index is 12.2. The first-order valence-electron chi connectivity index (χ1n) is 5.97. The summed E-state index contributed by atoms with van der Waals surface area (Å²) in [5.41, 5.74) is 2.07. The van der Waals surface area contributed by atoms with Crippen LogP contribution < -0.4 is 4.90 Å². The SMILES string of the molecule is O=C1CN=Cc2ccccc2N1c1ccccc1O. The van der Waals surface area contributed by atoms with Crippen molar-refractivity contribution in [3.8, 4) is 5.75 Å². The number of amides is 1. The van der Waals surface area contributed by atoms with Crippen molar-refractivity contribution < 1.29 is 9.90 Å². The van der Waals surface area contributed by atoms with E-state index in [1.807, 2.05) is 24.3 Å². The Morgan fingerprint density at radius 1 is 1.00 bits per heavy atom. The number of para-hydroxylation sites is 3. The van der Waals surface area contributed by atoms with E-state index in [-0.39, 0.29) is 18.2 Å². The molecular formula is C15H12N2O2. The number of phenolic OH excluding ortho intramolecular Hbond substituents is 1. The zero-order valence-electron chi connectivity index (χ0n) is 10.2. The van der Waals surface area contributed by atoms with Gasteiger partial charge in [0.05, 0.1) is 11.4 Å². The highest BCUT2D eigenvalue weighted by molar-refractivity contribution is 6.08. The predicted molar refractivity (Wildman–Crippen MR) is 74.2 cm³/mol. The van der Waals surface area contributed by atoms with E-state index in [9.17, 15) is 9.90 Å². The molecule has 0 bridgehead atoms. The van der Waals surface area contributed by atoms with Gasteiger partial charge in [0.2, 0.25) is 0 Å². The fourth-order valence-corrected chi connectivity index (χ4v) is 2.14. The Balaban J connectivity index is 2.20. The molecule has 0 saturated heterocycles. The van der Waals surface area contributed by atoms with E-state index in [2.05, 4.69) is 4.99 Å². The summed E-state index contributed by atoms with van der Waals surface area (Å²) in [4.78, 5) is 17.8. The molecule has 1 amide bonds. The lowest BCUT2D eigenvalue weighted by atomic mass is 10.1. The van der Waals surface area contributed by atoms with Gasteiger partial charge in [-0.2, -0.15) is 0 Å². The van der Waals surface area contributed by atoms with E-state index in [4.69, 9.17) is 0 Å². The van der Waals surface area contributed by atoms with Gasteiger partial charge in [0.1, 0.15) is 12.3 Å². The van der Waals surface area contributed by atoms with Crippen molar-refractivity contribution >= 4 is 23.5 Å². The number of aliphatic imine (C=N–C) groups is 1. The number of hydrogen-bond donors (Lipinski definition) is 1. The molecule has 1 heterocycles. The van der Waals surface area contributed by atoms with Crippen LogP contribution in [-0.4, -0.2) is 23.8 Å². The summed E-state index contributed by atoms with van der Waals surface area (Å²) in [7, 11) is 0. The fourth-order valence-electron chi connectivity index (χ4n) is 2.14. The van der Waals surface area contributed by atoms with Crippen molar-refractivity contribution in [1.29, 1.82) is 0 Å². The highest BCUT2D eigenvalue weighted by Crippen LogP contribution is 2.35. The van der Waals surface area contributed by atoms with Crippen LogP contribution in [0, 0.1) is 0 Å². The highest BCUT2D eigenvalue weighted by atomic mass is 16.3. The summed E-state index contributed by atoms with van der Waals surface area (Å²) in [5.74, 6) is -0.0877. The van der Waals surface area contributed by atoms with Gasteiger partial charge in [-0.05, 0) is 18.2 Å². The van der Waals surface area contributed by atoms with Crippen molar-refractivity contribution in [3.05, 3.63) is 54.1 Å². The molecular weight excluding hydrogens is 240 g/mol. The molecule has 0 radical (unpaired) electrons. The topological polar surface area (TPSA) is 52.9 Å². The summed E-state index contributed by atoms with van der Waals surface area (Å²) in [6, 6.07) is 14.3. The first-order valence-corrected chi connectivity index (χ1v) is 5.97. The number of phenols is 1. The molecule has 0 aromatic heterocycles. The molecule has 3 rings (SSSR count). The number of aromatic hydroxyl groups is 1. The van der Waals surface area contributed by atoms with Crippen LogP contribution in [0.15, 0.2) is 53.5 Å². The minimum absolute atomic E-state index is 0.0724. The van der Waals surface area contributed by atoms with Crippen molar-refractivity contribution in [3.63, 3.8) is 0 Å². The van der Waals surface area contributed by atoms with Gasteiger partial charge in [-0.3, -0.25) is 14.7 Å². The van der Waals surface area contributed by atoms with Crippen LogP contribution >= 0.6 is 0 Å². The summed E-state index contributed by atoms with van der Waals surface area (Å²) in [5, 5.41) is 9.96. The molecule has 4 heteroatoms. The Morgan fingerprint density at radius 3 is 2.47 bits per heavy atom. The van der Waals surface area contributed by atoms with E-state index in [0.717, 1.165) is 11.3 Å². The largest absolute Gasteiger partial charge is 0.506 e. The number of benzodiazepines with no additional fused rings is 1. The number of fused-ring (bicyclic) bond motifs is 1. The Kier molecular flexibility index (Phi) is 2.76. The third-order valence-corrected chi connectivity index (χ3v) is 3.01. The summed E-state index contributed by atoms with van der Waals surface area (Å²) in [6.45, 7) is 0.0724. The molecule has 0 aliphatic carbocycles. The van der Waals surface area contributed by atoms with Gasteiger partial charge in [-0.15, -0.1) is 0 Å². The first-order chi connectivity index (χ1) is 9.27. The number of rotatable bonds is 1. The Morgan fingerprint density at radius 2 is 1.68 bits per heavy atom. The second-order valence-electron chi connectivity index (χ2n) is 4.25. The number of carbonyl (C=O) groups is 1. The van der Waals surface area contributed by atoms with Gasteiger partial charge >= 0.3 is 0 Å². The number of carbonyl (C=O) groups excluding carboxylic acids is 1. The Hall–Kier alpha value is -2.62. The normalized spacial score (nSPS) is 14.1. The number of benzene rings is 2. The molecule has 1 aliphatic heterocycles. The van der Waals surface area contributed by atoms with Crippen molar-refractivity contribution in [2.24, 2.45) is 4.99 Å². The van der Waals surface area contributed by atoms with Gasteiger partial charge in [0.25, 0.3) is 5.91 Å². The predicted octanol–water partition coefficient (Wildman–Crippen LogP) is 2.49. The van der Waals surface area contributed by atoms with Crippen LogP contribution in [-0.2, 0) is 4.79 Å². The molecule has 2 aromatic rings. The second-order valence-corrected chi connectivity index (χ2v) is 4.25. The Bertz CT molecular complexity index is 665. The van der Waals surface area contributed by atoms with Gasteiger partial charge in [-0.25, -0.2) is 0 Å². The molecule has 0 spiro atoms. The molecule has 4 nitrogen and oxygen atoms in total. The minimum atomic E-state index is -0.164. The molecule has 94 valence electrons. The average Bonchev–Trinajstić information content (AvgIpc) is 2.58. The van der Waals surface area contributed by atoms with E-state index in [1.165, 1.54) is 4.90 Å². The van der Waals surface area contributed by atoms with Gasteiger partial charge in [-0.1, -0.05) is 30.3 Å². The fraction of sp³-hybridized carbons (Fsp3) is 0.0667. The smallest absolute Gasteiger partial charge is 0.253 e. The lowest BCUT2D eigenvalue weighted by Gasteiger charge is -2.23. The maximum atomic E-state index is 12.2. The number of nitrogens with zero attached hydrogens (tertiary/aromatic N) is 2. The molecule has 2 aromatic carbocycles. The molecule has 0 unspecified atom stereocenters. The quantitative estimate of drug-likeness (QED) is 0.847. The number of hydrogen-bond acceptors (Lipinski definition) is 3. The van der Waals surface area contributed by atoms with Crippen LogP contribution in [0.1, 0.15) is 5.56 Å². The van der Waals surface area contributed by atoms with E-state index < -0.39 is 0 Å². The lowest BCUT2D eigenvalue weighted by Crippen LogP contribution is -2.27. The first kappa shape index (κ1) is 11.5. The highest BCUT2D eigenvalue weighted by Gasteiger charge is 2.23. The molecule has 1 N–H and O–H groups in total. The Labute approximate surface area is 110 Å². The van der Waals surface area contributed by atoms with Gasteiger partial charge in [0, 0.05) is 11.8 Å². The van der Waals surface area contributed by atoms with Crippen molar-refractivity contribution in [2.45, 2.75) is 0 Å². The summed E-state index contributed by atoms with van der Waals surface area (Å²) in [6.07, 6.45) is 1.69. The summed E-state index contributed by atoms with van der Waals surface area (Å²) >= 11 is 0. The average molecular weight is 252 g/mol. The third-order valence-electron chi connectivity index (χ3n) is 3.01. The molecule has 0 atom stereocenters. The van der Waals surface area contributed by atoms with Gasteiger partial charge < -0.3 is 5.11 Å². The molecule has 0 saturated carbocycles. The van der Waals surface area contributed by atoms with E-state index in [0.29, 0.717) is 5.69 Å². The zero-order valence-corrected chi connectivity index (χ0v) is 10.2. The van der Waals surface area contributed by atoms with Crippen LogP contribution in [0.4, 0.5) is 11.4 Å². The number of anilines is 2. The van der Waals surface area contributed by atoms with E-state index >= 15 is 0 Å². The zero-order chi connectivity index (χ0) is 13.2. The molecule has 19 heavy (non-hydrogen) atoms. The van der Waals surface area contributed by atoms with Gasteiger partial charge in [0.15, 0.2) is 0 Å². The van der Waals surface area contributed by atoms with Crippen LogP contribution in [0.3, 0.4) is 0 Å². The maximum Gasteiger partial charge on any atom is 0.253 e. The lowest BCUT2D eigenvalue weighted by molar-refractivity contribution is -0.116. The minimum Gasteiger partial charge on any atom is -0.506 e. The molecule has 1 aliphatic rings. The monoisotopic (exact) mass is 252 g/mol. The molecule has 0 fully saturated rings. The third kappa shape index (κ3) is 1.97. The van der Waals surface area contributed by atoms with E-state index in [1.54, 1.807) is 30.5 Å². The van der Waals surface area contributed by atoms with Crippen molar-refractivity contribution in [1.82, 2.24) is 0 Å². The van der Waals surface area contributed by atoms with Crippen molar-refractivity contribution in [2.75, 3.05) is 11.4 Å². The van der Waals surface area contributed by atoms with Crippen LogP contribution in [0.5, 0.6) is 5.75 Å². The second kappa shape index (κ2) is 4.57. The standard InChI is InChI=1S/C15H12N2O2/c18-14-8-4-3-7-13(14)17-12-6-2-1-5-11(12)9-16-10-15(17)19/h1-9,18H,10H2. The van der Waals surface area contributed by atoms with Crippen LogP contribution in [0.25, 0.3) is 0 Å². The van der Waals surface area contributed by atoms with Crippen LogP contribution in [0.2, 0.25) is 0 Å².